The predicted octanol–water partition coefficient (Wildman–Crippen LogP) is 3.88. The SMILES string of the molecule is CCOc1ccc2nc(CN(Cc3cncs3)C3CCOC3)ccc2c1. The number of fused-ring (bicyclic) bond motifs is 1. The highest BCUT2D eigenvalue weighted by atomic mass is 32.1. The van der Waals surface area contributed by atoms with Gasteiger partial charge in [-0.2, -0.15) is 0 Å². The van der Waals surface area contributed by atoms with Crippen molar-refractivity contribution in [1.82, 2.24) is 14.9 Å². The topological polar surface area (TPSA) is 47.5 Å². The Kier molecular flexibility index (Phi) is 5.43. The molecule has 1 atom stereocenters. The molecule has 0 spiro atoms. The summed E-state index contributed by atoms with van der Waals surface area (Å²) < 4.78 is 11.2. The molecule has 4 rings (SSSR count). The van der Waals surface area contributed by atoms with E-state index < -0.39 is 0 Å². The highest BCUT2D eigenvalue weighted by Crippen LogP contribution is 2.23. The molecule has 0 radical (unpaired) electrons. The number of pyridine rings is 1. The summed E-state index contributed by atoms with van der Waals surface area (Å²) in [4.78, 5) is 12.8. The van der Waals surface area contributed by atoms with Crippen LogP contribution in [0.15, 0.2) is 42.0 Å². The maximum Gasteiger partial charge on any atom is 0.120 e. The first-order valence-electron chi connectivity index (χ1n) is 9.03. The molecule has 3 heterocycles. The van der Waals surface area contributed by atoms with Crippen LogP contribution in [0.1, 0.15) is 23.9 Å². The fraction of sp³-hybridized carbons (Fsp3) is 0.400. The zero-order valence-corrected chi connectivity index (χ0v) is 15.7. The third-order valence-electron chi connectivity index (χ3n) is 4.66. The molecule has 1 fully saturated rings. The van der Waals surface area contributed by atoms with E-state index in [0.29, 0.717) is 12.6 Å². The minimum absolute atomic E-state index is 0.440. The van der Waals surface area contributed by atoms with Crippen molar-refractivity contribution in [2.75, 3.05) is 19.8 Å². The maximum absolute atomic E-state index is 5.61. The summed E-state index contributed by atoms with van der Waals surface area (Å²) in [6, 6.07) is 10.8. The smallest absolute Gasteiger partial charge is 0.120 e. The number of benzene rings is 1. The van der Waals surface area contributed by atoms with Crippen molar-refractivity contribution >= 4 is 22.2 Å². The van der Waals surface area contributed by atoms with Gasteiger partial charge in [0, 0.05) is 42.2 Å². The second kappa shape index (κ2) is 8.12. The van der Waals surface area contributed by atoms with E-state index >= 15 is 0 Å². The monoisotopic (exact) mass is 369 g/mol. The largest absolute Gasteiger partial charge is 0.494 e. The zero-order valence-electron chi connectivity index (χ0n) is 14.9. The van der Waals surface area contributed by atoms with Gasteiger partial charge in [-0.3, -0.25) is 14.9 Å². The highest BCUT2D eigenvalue weighted by Gasteiger charge is 2.24. The fourth-order valence-electron chi connectivity index (χ4n) is 3.34. The van der Waals surface area contributed by atoms with Crippen LogP contribution < -0.4 is 4.74 Å². The average molecular weight is 369 g/mol. The molecule has 0 saturated carbocycles. The van der Waals surface area contributed by atoms with E-state index in [2.05, 4.69) is 28.1 Å². The summed E-state index contributed by atoms with van der Waals surface area (Å²) in [5.74, 6) is 0.893. The Morgan fingerprint density at radius 3 is 3.00 bits per heavy atom. The summed E-state index contributed by atoms with van der Waals surface area (Å²) in [5.41, 5.74) is 3.98. The van der Waals surface area contributed by atoms with E-state index in [1.54, 1.807) is 11.3 Å². The molecule has 0 aliphatic carbocycles. The number of thiazole rings is 1. The molecule has 0 amide bonds. The first-order chi connectivity index (χ1) is 12.8. The summed E-state index contributed by atoms with van der Waals surface area (Å²) >= 11 is 1.70. The average Bonchev–Trinajstić information content (AvgIpc) is 3.35. The molecule has 5 nitrogen and oxygen atoms in total. The van der Waals surface area contributed by atoms with Crippen molar-refractivity contribution in [3.05, 3.63) is 52.6 Å². The van der Waals surface area contributed by atoms with Gasteiger partial charge in [0.1, 0.15) is 5.75 Å². The zero-order chi connectivity index (χ0) is 17.8. The third kappa shape index (κ3) is 4.03. The Labute approximate surface area is 157 Å². The number of nitrogens with zero attached hydrogens (tertiary/aromatic N) is 3. The van der Waals surface area contributed by atoms with E-state index in [4.69, 9.17) is 14.5 Å². The summed E-state index contributed by atoms with van der Waals surface area (Å²) in [7, 11) is 0. The van der Waals surface area contributed by atoms with Crippen LogP contribution in [0.2, 0.25) is 0 Å². The lowest BCUT2D eigenvalue weighted by Gasteiger charge is -2.27. The maximum atomic E-state index is 5.61. The van der Waals surface area contributed by atoms with Crippen LogP contribution in [0.4, 0.5) is 0 Å². The van der Waals surface area contributed by atoms with Gasteiger partial charge in [-0.25, -0.2) is 0 Å². The van der Waals surface area contributed by atoms with Crippen LogP contribution in [0.5, 0.6) is 5.75 Å². The molecule has 0 N–H and O–H groups in total. The highest BCUT2D eigenvalue weighted by molar-refractivity contribution is 7.09. The lowest BCUT2D eigenvalue weighted by molar-refractivity contribution is 0.133. The van der Waals surface area contributed by atoms with Gasteiger partial charge >= 0.3 is 0 Å². The molecule has 0 bridgehead atoms. The van der Waals surface area contributed by atoms with Gasteiger partial charge < -0.3 is 9.47 Å². The van der Waals surface area contributed by atoms with Gasteiger partial charge in [0.2, 0.25) is 0 Å². The van der Waals surface area contributed by atoms with Crippen molar-refractivity contribution in [3.63, 3.8) is 0 Å². The van der Waals surface area contributed by atoms with E-state index in [1.807, 2.05) is 30.8 Å². The van der Waals surface area contributed by atoms with Crippen molar-refractivity contribution in [2.24, 2.45) is 0 Å². The number of hydrogen-bond acceptors (Lipinski definition) is 6. The van der Waals surface area contributed by atoms with Gasteiger partial charge in [-0.05, 0) is 37.6 Å². The van der Waals surface area contributed by atoms with Crippen molar-refractivity contribution < 1.29 is 9.47 Å². The first kappa shape index (κ1) is 17.4. The Morgan fingerprint density at radius 1 is 1.27 bits per heavy atom. The molecule has 1 saturated heterocycles. The van der Waals surface area contributed by atoms with E-state index in [0.717, 1.165) is 55.1 Å². The summed E-state index contributed by atoms with van der Waals surface area (Å²) in [6.07, 6.45) is 3.03. The third-order valence-corrected chi connectivity index (χ3v) is 5.42. The second-order valence-electron chi connectivity index (χ2n) is 6.48. The van der Waals surface area contributed by atoms with Crippen molar-refractivity contribution in [1.29, 1.82) is 0 Å². The van der Waals surface area contributed by atoms with Gasteiger partial charge in [0.25, 0.3) is 0 Å². The van der Waals surface area contributed by atoms with Gasteiger partial charge in [-0.15, -0.1) is 11.3 Å². The van der Waals surface area contributed by atoms with Crippen LogP contribution in [-0.4, -0.2) is 40.7 Å². The lowest BCUT2D eigenvalue weighted by Crippen LogP contribution is -2.34. The predicted molar refractivity (Wildman–Crippen MR) is 103 cm³/mol. The Balaban J connectivity index is 1.55. The summed E-state index contributed by atoms with van der Waals surface area (Å²) in [6.45, 7) is 6.01. The van der Waals surface area contributed by atoms with Crippen LogP contribution in [-0.2, 0) is 17.8 Å². The van der Waals surface area contributed by atoms with E-state index in [9.17, 15) is 0 Å². The molecule has 2 aromatic heterocycles. The molecule has 26 heavy (non-hydrogen) atoms. The fourth-order valence-corrected chi connectivity index (χ4v) is 3.96. The van der Waals surface area contributed by atoms with Gasteiger partial charge in [0.15, 0.2) is 0 Å². The molecule has 1 aromatic carbocycles. The van der Waals surface area contributed by atoms with Crippen LogP contribution in [0.3, 0.4) is 0 Å². The molecule has 6 heteroatoms. The molecule has 136 valence electrons. The molecular formula is C20H23N3O2S. The normalized spacial score (nSPS) is 17.2. The van der Waals surface area contributed by atoms with Crippen LogP contribution in [0.25, 0.3) is 10.9 Å². The Bertz CT molecular complexity index is 847. The Morgan fingerprint density at radius 2 is 2.23 bits per heavy atom. The first-order valence-corrected chi connectivity index (χ1v) is 9.91. The minimum atomic E-state index is 0.440. The molecule has 3 aromatic rings. The lowest BCUT2D eigenvalue weighted by atomic mass is 10.1. The van der Waals surface area contributed by atoms with Gasteiger partial charge in [-0.1, -0.05) is 6.07 Å². The Hall–Kier alpha value is -2.02. The number of rotatable bonds is 7. The quantitative estimate of drug-likeness (QED) is 0.632. The summed E-state index contributed by atoms with van der Waals surface area (Å²) in [5, 5.41) is 1.11. The molecule has 1 aliphatic rings. The van der Waals surface area contributed by atoms with Crippen LogP contribution in [0, 0.1) is 0 Å². The molecule has 1 unspecified atom stereocenters. The second-order valence-corrected chi connectivity index (χ2v) is 7.45. The van der Waals surface area contributed by atoms with E-state index in [-0.39, 0.29) is 0 Å². The minimum Gasteiger partial charge on any atom is -0.494 e. The number of hydrogen-bond donors (Lipinski definition) is 0. The van der Waals surface area contributed by atoms with Crippen molar-refractivity contribution in [2.45, 2.75) is 32.5 Å². The number of ether oxygens (including phenoxy) is 2. The van der Waals surface area contributed by atoms with E-state index in [1.165, 1.54) is 4.88 Å². The standard InChI is InChI=1S/C20H23N3O2S/c1-2-25-18-5-6-20-15(9-18)3-4-16(22-20)11-23(17-7-8-24-13-17)12-19-10-21-14-26-19/h3-6,9-10,14,17H,2,7-8,11-13H2,1H3. The van der Waals surface area contributed by atoms with Crippen LogP contribution >= 0.6 is 11.3 Å². The van der Waals surface area contributed by atoms with Gasteiger partial charge in [0.05, 0.1) is 29.9 Å². The molecular weight excluding hydrogens is 346 g/mol. The van der Waals surface area contributed by atoms with Crippen molar-refractivity contribution in [3.8, 4) is 5.75 Å². The molecule has 1 aliphatic heterocycles. The number of aromatic nitrogens is 2.